The molecule has 29 heavy (non-hydrogen) atoms. The molecule has 3 rings (SSSR count). The summed E-state index contributed by atoms with van der Waals surface area (Å²) in [5, 5.41) is 6.33. The summed E-state index contributed by atoms with van der Waals surface area (Å²) in [6.45, 7) is 4.23. The number of primary sulfonamides is 1. The number of benzene rings is 2. The molecule has 6 nitrogen and oxygen atoms in total. The normalized spacial score (nSPS) is 12.2. The highest BCUT2D eigenvalue weighted by Gasteiger charge is 2.16. The monoisotopic (exact) mass is 454 g/mol. The highest BCUT2D eigenvalue weighted by molar-refractivity contribution is 7.89. The lowest BCUT2D eigenvalue weighted by Crippen LogP contribution is -2.20. The van der Waals surface area contributed by atoms with Gasteiger partial charge in [-0.3, -0.25) is 4.90 Å². The first-order chi connectivity index (χ1) is 13.7. The average Bonchev–Trinajstić information content (AvgIpc) is 2.98. The summed E-state index contributed by atoms with van der Waals surface area (Å²) in [7, 11) is -1.77. The summed E-state index contributed by atoms with van der Waals surface area (Å²) in [5.74, 6) is 0.877. The van der Waals surface area contributed by atoms with Crippen LogP contribution in [0.2, 0.25) is 10.0 Å². The lowest BCUT2D eigenvalue weighted by molar-refractivity contribution is 0.305. The molecule has 1 heterocycles. The summed E-state index contributed by atoms with van der Waals surface area (Å²) in [6, 6.07) is 10.4. The van der Waals surface area contributed by atoms with Gasteiger partial charge in [0.05, 0.1) is 32.5 Å². The number of rotatable bonds is 8. The largest absolute Gasteiger partial charge is 0.327 e. The first-order valence-electron chi connectivity index (χ1n) is 9.33. The molecular weight excluding hydrogens is 431 g/mol. The molecule has 0 fully saturated rings. The molecular formula is C20H24Cl2N4O2S. The molecule has 0 amide bonds. The first-order valence-corrected chi connectivity index (χ1v) is 11.6. The minimum absolute atomic E-state index is 0.0702. The molecule has 0 unspecified atom stereocenters. The third-order valence-electron chi connectivity index (χ3n) is 4.71. The zero-order valence-corrected chi connectivity index (χ0v) is 18.7. The predicted molar refractivity (Wildman–Crippen MR) is 118 cm³/mol. The lowest BCUT2D eigenvalue weighted by atomic mass is 10.2. The minimum Gasteiger partial charge on any atom is -0.327 e. The fraction of sp³-hybridized carbons (Fsp3) is 0.350. The van der Waals surface area contributed by atoms with Crippen molar-refractivity contribution in [2.45, 2.75) is 44.3 Å². The van der Waals surface area contributed by atoms with Crippen LogP contribution in [0.15, 0.2) is 41.3 Å². The second-order valence-corrected chi connectivity index (χ2v) is 9.53. The summed E-state index contributed by atoms with van der Waals surface area (Å²) in [6.07, 6.45) is 2.05. The molecule has 0 spiro atoms. The molecule has 0 saturated carbocycles. The van der Waals surface area contributed by atoms with E-state index in [0.717, 1.165) is 36.3 Å². The summed E-state index contributed by atoms with van der Waals surface area (Å²) >= 11 is 12.1. The Balaban J connectivity index is 1.90. The Morgan fingerprint density at radius 2 is 1.86 bits per heavy atom. The Bertz CT molecular complexity index is 1130. The molecule has 9 heteroatoms. The Labute approximate surface area is 181 Å². The molecule has 0 aliphatic heterocycles. The Morgan fingerprint density at radius 3 is 2.52 bits per heavy atom. The van der Waals surface area contributed by atoms with Crippen molar-refractivity contribution in [2.75, 3.05) is 7.05 Å². The zero-order valence-electron chi connectivity index (χ0n) is 16.4. The van der Waals surface area contributed by atoms with E-state index in [9.17, 15) is 8.42 Å². The average molecular weight is 455 g/mol. The van der Waals surface area contributed by atoms with Crippen molar-refractivity contribution in [1.29, 1.82) is 0 Å². The van der Waals surface area contributed by atoms with Crippen LogP contribution in [0.25, 0.3) is 11.0 Å². The molecule has 2 N–H and O–H groups in total. The van der Waals surface area contributed by atoms with E-state index in [1.807, 2.05) is 19.2 Å². The third kappa shape index (κ3) is 5.29. The van der Waals surface area contributed by atoms with Crippen LogP contribution in [0.5, 0.6) is 0 Å². The van der Waals surface area contributed by atoms with Crippen molar-refractivity contribution in [1.82, 2.24) is 14.5 Å². The van der Waals surface area contributed by atoms with Gasteiger partial charge in [-0.15, -0.1) is 0 Å². The van der Waals surface area contributed by atoms with Crippen LogP contribution in [0, 0.1) is 0 Å². The van der Waals surface area contributed by atoms with Gasteiger partial charge in [-0.2, -0.15) is 0 Å². The van der Waals surface area contributed by atoms with E-state index in [4.69, 9.17) is 33.3 Å². The highest BCUT2D eigenvalue weighted by Crippen LogP contribution is 2.24. The maximum atomic E-state index is 11.7. The summed E-state index contributed by atoms with van der Waals surface area (Å²) < 4.78 is 25.5. The van der Waals surface area contributed by atoms with Crippen LogP contribution in [0.4, 0.5) is 0 Å². The van der Waals surface area contributed by atoms with E-state index < -0.39 is 10.0 Å². The van der Waals surface area contributed by atoms with Crippen molar-refractivity contribution >= 4 is 44.3 Å². The van der Waals surface area contributed by atoms with Crippen LogP contribution < -0.4 is 5.14 Å². The zero-order chi connectivity index (χ0) is 21.2. The van der Waals surface area contributed by atoms with E-state index in [2.05, 4.69) is 16.4 Å². The van der Waals surface area contributed by atoms with Crippen LogP contribution in [0.3, 0.4) is 0 Å². The van der Waals surface area contributed by atoms with Crippen LogP contribution in [0.1, 0.15) is 31.2 Å². The SMILES string of the molecule is CCCCn1c(CN(C)Cc2ccc(Cl)c(Cl)c2)nc2cc(S(N)(=O)=O)ccc21. The summed E-state index contributed by atoms with van der Waals surface area (Å²) in [5.41, 5.74) is 2.59. The van der Waals surface area contributed by atoms with Gasteiger partial charge in [-0.25, -0.2) is 18.5 Å². The standard InChI is InChI=1S/C20H24Cl2N4O2S/c1-3-4-9-26-19-8-6-15(29(23,27)28)11-18(19)24-20(26)13-25(2)12-14-5-7-16(21)17(22)10-14/h5-8,10-11H,3-4,9,12-13H2,1-2H3,(H2,23,27,28). The van der Waals surface area contributed by atoms with E-state index >= 15 is 0 Å². The lowest BCUT2D eigenvalue weighted by Gasteiger charge is -2.18. The third-order valence-corrected chi connectivity index (χ3v) is 6.36. The number of nitrogens with two attached hydrogens (primary N) is 1. The Morgan fingerprint density at radius 1 is 1.10 bits per heavy atom. The molecule has 0 atom stereocenters. The maximum Gasteiger partial charge on any atom is 0.238 e. The van der Waals surface area contributed by atoms with Crippen molar-refractivity contribution in [3.63, 3.8) is 0 Å². The van der Waals surface area contributed by atoms with Crippen molar-refractivity contribution < 1.29 is 8.42 Å². The van der Waals surface area contributed by atoms with Gasteiger partial charge in [-0.05, 0) is 49.4 Å². The number of fused-ring (bicyclic) bond motifs is 1. The number of nitrogens with zero attached hydrogens (tertiary/aromatic N) is 3. The molecule has 0 aliphatic rings. The Kier molecular flexibility index (Phi) is 6.86. The number of aromatic nitrogens is 2. The van der Waals surface area contributed by atoms with E-state index in [1.54, 1.807) is 12.1 Å². The van der Waals surface area contributed by atoms with E-state index in [1.165, 1.54) is 12.1 Å². The molecule has 2 aromatic carbocycles. The van der Waals surface area contributed by atoms with Gasteiger partial charge in [0, 0.05) is 13.1 Å². The molecule has 0 bridgehead atoms. The van der Waals surface area contributed by atoms with Crippen molar-refractivity contribution in [3.05, 3.63) is 57.8 Å². The molecule has 0 aliphatic carbocycles. The molecule has 1 aromatic heterocycles. The second-order valence-electron chi connectivity index (χ2n) is 7.15. The van der Waals surface area contributed by atoms with Crippen LogP contribution in [-0.2, 0) is 29.7 Å². The number of sulfonamides is 1. The van der Waals surface area contributed by atoms with Crippen LogP contribution >= 0.6 is 23.2 Å². The maximum absolute atomic E-state index is 11.7. The van der Waals surface area contributed by atoms with Gasteiger partial charge in [0.15, 0.2) is 0 Å². The summed E-state index contributed by atoms with van der Waals surface area (Å²) in [4.78, 5) is 6.91. The first kappa shape index (κ1) is 22.1. The van der Waals surface area contributed by atoms with Crippen molar-refractivity contribution in [3.8, 4) is 0 Å². The minimum atomic E-state index is -3.77. The number of aryl methyl sites for hydroxylation is 1. The fourth-order valence-electron chi connectivity index (χ4n) is 3.27. The topological polar surface area (TPSA) is 81.2 Å². The highest BCUT2D eigenvalue weighted by atomic mass is 35.5. The number of hydrogen-bond donors (Lipinski definition) is 1. The predicted octanol–water partition coefficient (Wildman–Crippen LogP) is 4.42. The van der Waals surface area contributed by atoms with Gasteiger partial charge in [0.2, 0.25) is 10.0 Å². The van der Waals surface area contributed by atoms with Gasteiger partial charge >= 0.3 is 0 Å². The second kappa shape index (κ2) is 9.02. The van der Waals surface area contributed by atoms with Crippen molar-refractivity contribution in [2.24, 2.45) is 5.14 Å². The smallest absolute Gasteiger partial charge is 0.238 e. The number of unbranched alkanes of at least 4 members (excludes halogenated alkanes) is 1. The molecule has 156 valence electrons. The number of hydrogen-bond acceptors (Lipinski definition) is 4. The number of imidazole rings is 1. The quantitative estimate of drug-likeness (QED) is 0.545. The molecule has 3 aromatic rings. The van der Waals surface area contributed by atoms with E-state index in [-0.39, 0.29) is 4.90 Å². The molecule has 0 saturated heterocycles. The van der Waals surface area contributed by atoms with Gasteiger partial charge in [0.1, 0.15) is 5.82 Å². The molecule has 0 radical (unpaired) electrons. The number of halogens is 2. The van der Waals surface area contributed by atoms with Crippen LogP contribution in [-0.4, -0.2) is 29.9 Å². The van der Waals surface area contributed by atoms with E-state index in [0.29, 0.717) is 28.7 Å². The van der Waals surface area contributed by atoms with Gasteiger partial charge in [-0.1, -0.05) is 42.6 Å². The van der Waals surface area contributed by atoms with Gasteiger partial charge < -0.3 is 4.57 Å². The fourth-order valence-corrected chi connectivity index (χ4v) is 4.12. The van der Waals surface area contributed by atoms with Gasteiger partial charge in [0.25, 0.3) is 0 Å². The Hall–Kier alpha value is -1.64.